The third-order valence-corrected chi connectivity index (χ3v) is 5.38. The Balaban J connectivity index is 1.46. The highest BCUT2D eigenvalue weighted by molar-refractivity contribution is 5.46. The molecule has 0 aliphatic carbocycles. The maximum atomic E-state index is 5.91. The van der Waals surface area contributed by atoms with E-state index in [1.54, 1.807) is 0 Å². The number of nitrogen functional groups attached to an aromatic ring is 2. The van der Waals surface area contributed by atoms with E-state index in [4.69, 9.17) is 20.9 Å². The number of hydrogen-bond acceptors (Lipinski definition) is 4. The molecule has 4 nitrogen and oxygen atoms in total. The predicted octanol–water partition coefficient (Wildman–Crippen LogP) is 6.76. The molecule has 4 aromatic rings. The van der Waals surface area contributed by atoms with Gasteiger partial charge in [0.25, 0.3) is 0 Å². The minimum absolute atomic E-state index is 0.167. The van der Waals surface area contributed by atoms with Crippen molar-refractivity contribution < 1.29 is 9.47 Å². The molecule has 0 radical (unpaired) electrons. The smallest absolute Gasteiger partial charge is 0.127 e. The molecule has 4 N–H and O–H groups in total. The monoisotopic (exact) mass is 410 g/mol. The van der Waals surface area contributed by atoms with Gasteiger partial charge in [-0.25, -0.2) is 0 Å². The molecule has 4 heteroatoms. The maximum absolute atomic E-state index is 5.91. The fourth-order valence-electron chi connectivity index (χ4n) is 3.39. The predicted molar refractivity (Wildman–Crippen MR) is 127 cm³/mol. The second-order valence-corrected chi connectivity index (χ2v) is 8.02. The van der Waals surface area contributed by atoms with Gasteiger partial charge in [0.05, 0.1) is 0 Å². The molecule has 4 rings (SSSR count). The van der Waals surface area contributed by atoms with E-state index in [9.17, 15) is 0 Å². The van der Waals surface area contributed by atoms with Crippen molar-refractivity contribution in [2.24, 2.45) is 0 Å². The van der Waals surface area contributed by atoms with Gasteiger partial charge in [0.2, 0.25) is 0 Å². The van der Waals surface area contributed by atoms with Crippen LogP contribution in [0.4, 0.5) is 11.4 Å². The second kappa shape index (κ2) is 8.44. The molecule has 0 aliphatic rings. The average molecular weight is 411 g/mol. The van der Waals surface area contributed by atoms with Crippen molar-refractivity contribution in [3.63, 3.8) is 0 Å². The van der Waals surface area contributed by atoms with Gasteiger partial charge in [0.1, 0.15) is 23.0 Å². The summed E-state index contributed by atoms with van der Waals surface area (Å²) in [6.45, 7) is 4.41. The summed E-state index contributed by atoms with van der Waals surface area (Å²) in [5.74, 6) is 3.10. The molecule has 0 amide bonds. The van der Waals surface area contributed by atoms with Crippen LogP contribution in [0, 0.1) is 0 Å². The van der Waals surface area contributed by atoms with E-state index < -0.39 is 0 Å². The van der Waals surface area contributed by atoms with E-state index >= 15 is 0 Å². The highest BCUT2D eigenvalue weighted by atomic mass is 16.5. The molecule has 0 bridgehead atoms. The van der Waals surface area contributed by atoms with Gasteiger partial charge in [-0.2, -0.15) is 0 Å². The summed E-state index contributed by atoms with van der Waals surface area (Å²) < 4.78 is 11.8. The Morgan fingerprint density at radius 1 is 0.452 bits per heavy atom. The summed E-state index contributed by atoms with van der Waals surface area (Å²) in [4.78, 5) is 0. The molecular formula is C27H26N2O2. The van der Waals surface area contributed by atoms with E-state index in [-0.39, 0.29) is 5.41 Å². The molecule has 0 atom stereocenters. The van der Waals surface area contributed by atoms with Crippen LogP contribution in [0.5, 0.6) is 23.0 Å². The molecular weight excluding hydrogens is 384 g/mol. The van der Waals surface area contributed by atoms with Crippen LogP contribution in [-0.2, 0) is 5.41 Å². The topological polar surface area (TPSA) is 70.5 Å². The molecule has 31 heavy (non-hydrogen) atoms. The first-order chi connectivity index (χ1) is 14.9. The summed E-state index contributed by atoms with van der Waals surface area (Å²) in [5, 5.41) is 0. The van der Waals surface area contributed by atoms with E-state index in [2.05, 4.69) is 38.1 Å². The molecule has 0 aromatic heterocycles. The van der Waals surface area contributed by atoms with Gasteiger partial charge in [-0.1, -0.05) is 38.1 Å². The van der Waals surface area contributed by atoms with Crippen molar-refractivity contribution in [2.45, 2.75) is 19.3 Å². The second-order valence-electron chi connectivity index (χ2n) is 8.02. The first-order valence-corrected chi connectivity index (χ1v) is 10.2. The van der Waals surface area contributed by atoms with E-state index in [1.165, 1.54) is 11.1 Å². The molecule has 4 aromatic carbocycles. The standard InChI is InChI=1S/C27H26N2O2/c1-27(2,19-3-11-23(12-4-19)30-25-15-7-21(28)8-16-25)20-5-13-24(14-6-20)31-26-17-9-22(29)10-18-26/h3-18H,28-29H2,1-2H3. The Labute approximate surface area is 183 Å². The lowest BCUT2D eigenvalue weighted by atomic mass is 9.78. The van der Waals surface area contributed by atoms with Gasteiger partial charge < -0.3 is 20.9 Å². The summed E-state index contributed by atoms with van der Waals surface area (Å²) >= 11 is 0. The van der Waals surface area contributed by atoms with Crippen LogP contribution in [0.2, 0.25) is 0 Å². The Bertz CT molecular complexity index is 1040. The van der Waals surface area contributed by atoms with Crippen molar-refractivity contribution in [3.05, 3.63) is 108 Å². The van der Waals surface area contributed by atoms with Crippen molar-refractivity contribution in [1.29, 1.82) is 0 Å². The maximum Gasteiger partial charge on any atom is 0.127 e. The number of ether oxygens (including phenoxy) is 2. The normalized spacial score (nSPS) is 11.2. The van der Waals surface area contributed by atoms with Crippen molar-refractivity contribution >= 4 is 11.4 Å². The molecule has 0 heterocycles. The molecule has 0 fully saturated rings. The van der Waals surface area contributed by atoms with Gasteiger partial charge in [0.15, 0.2) is 0 Å². The van der Waals surface area contributed by atoms with Crippen molar-refractivity contribution in [3.8, 4) is 23.0 Å². The van der Waals surface area contributed by atoms with Gasteiger partial charge in [-0.05, 0) is 83.9 Å². The average Bonchev–Trinajstić information content (AvgIpc) is 2.78. The third-order valence-electron chi connectivity index (χ3n) is 5.38. The molecule has 0 aliphatic heterocycles. The van der Waals surface area contributed by atoms with Crippen molar-refractivity contribution in [2.75, 3.05) is 11.5 Å². The number of nitrogens with two attached hydrogens (primary N) is 2. The zero-order valence-corrected chi connectivity index (χ0v) is 17.7. The lowest BCUT2D eigenvalue weighted by Crippen LogP contribution is -2.18. The Kier molecular flexibility index (Phi) is 5.54. The van der Waals surface area contributed by atoms with Crippen LogP contribution in [0.15, 0.2) is 97.1 Å². The van der Waals surface area contributed by atoms with Gasteiger partial charge >= 0.3 is 0 Å². The van der Waals surface area contributed by atoms with Gasteiger partial charge in [-0.15, -0.1) is 0 Å². The molecule has 156 valence electrons. The number of rotatable bonds is 6. The quantitative estimate of drug-likeness (QED) is 0.344. The number of hydrogen-bond donors (Lipinski definition) is 2. The largest absolute Gasteiger partial charge is 0.457 e. The zero-order valence-electron chi connectivity index (χ0n) is 17.7. The Hall–Kier alpha value is -3.92. The van der Waals surface area contributed by atoms with Crippen LogP contribution in [0.25, 0.3) is 0 Å². The Morgan fingerprint density at radius 3 is 1.00 bits per heavy atom. The summed E-state index contributed by atoms with van der Waals surface area (Å²) in [7, 11) is 0. The van der Waals surface area contributed by atoms with Crippen LogP contribution in [0.3, 0.4) is 0 Å². The lowest BCUT2D eigenvalue weighted by molar-refractivity contribution is 0.481. The minimum Gasteiger partial charge on any atom is -0.457 e. The van der Waals surface area contributed by atoms with E-state index in [1.807, 2.05) is 72.8 Å². The van der Waals surface area contributed by atoms with E-state index in [0.717, 1.165) is 23.0 Å². The molecule has 0 saturated heterocycles. The summed E-state index contributed by atoms with van der Waals surface area (Å²) in [5.41, 5.74) is 15.1. The lowest BCUT2D eigenvalue weighted by Gasteiger charge is -2.26. The highest BCUT2D eigenvalue weighted by Gasteiger charge is 2.23. The minimum atomic E-state index is -0.167. The fraction of sp³-hybridized carbons (Fsp3) is 0.111. The van der Waals surface area contributed by atoms with E-state index in [0.29, 0.717) is 11.4 Å². The first-order valence-electron chi connectivity index (χ1n) is 10.2. The summed E-state index contributed by atoms with van der Waals surface area (Å²) in [6, 6.07) is 31.1. The number of anilines is 2. The third kappa shape index (κ3) is 4.81. The van der Waals surface area contributed by atoms with Crippen LogP contribution in [-0.4, -0.2) is 0 Å². The van der Waals surface area contributed by atoms with Crippen LogP contribution >= 0.6 is 0 Å². The first kappa shape index (κ1) is 20.4. The zero-order chi connectivity index (χ0) is 21.8. The van der Waals surface area contributed by atoms with Crippen LogP contribution in [0.1, 0.15) is 25.0 Å². The van der Waals surface area contributed by atoms with Crippen molar-refractivity contribution in [1.82, 2.24) is 0 Å². The summed E-state index contributed by atoms with van der Waals surface area (Å²) in [6.07, 6.45) is 0. The van der Waals surface area contributed by atoms with Gasteiger partial charge in [-0.3, -0.25) is 0 Å². The Morgan fingerprint density at radius 2 is 0.710 bits per heavy atom. The SMILES string of the molecule is CC(C)(c1ccc(Oc2ccc(N)cc2)cc1)c1ccc(Oc2ccc(N)cc2)cc1. The van der Waals surface area contributed by atoms with Gasteiger partial charge in [0, 0.05) is 16.8 Å². The molecule has 0 spiro atoms. The van der Waals surface area contributed by atoms with Crippen LogP contribution < -0.4 is 20.9 Å². The fourth-order valence-corrected chi connectivity index (χ4v) is 3.39. The number of benzene rings is 4. The highest BCUT2D eigenvalue weighted by Crippen LogP contribution is 2.34. The molecule has 0 saturated carbocycles. The molecule has 0 unspecified atom stereocenters.